The molecule has 0 aliphatic carbocycles. The fourth-order valence-corrected chi connectivity index (χ4v) is 2.00. The fraction of sp³-hybridized carbons (Fsp3) is 0.429. The number of oxime groups is 1. The lowest BCUT2D eigenvalue weighted by atomic mass is 9.96. The molecule has 0 fully saturated rings. The molecule has 104 valence electrons. The highest BCUT2D eigenvalue weighted by Gasteiger charge is 2.28. The van der Waals surface area contributed by atoms with Gasteiger partial charge < -0.3 is 15.8 Å². The molecule has 0 aliphatic rings. The first-order valence-electron chi connectivity index (χ1n) is 6.24. The first-order chi connectivity index (χ1) is 8.97. The lowest BCUT2D eigenvalue weighted by Gasteiger charge is -2.24. The summed E-state index contributed by atoms with van der Waals surface area (Å²) in [6.45, 7) is 4.69. The number of hydrogen-bond donors (Lipinski definition) is 2. The smallest absolute Gasteiger partial charge is 0.237 e. The Balaban J connectivity index is 3.02. The summed E-state index contributed by atoms with van der Waals surface area (Å²) in [6, 6.07) is 9.09. The molecule has 5 heteroatoms. The number of nitrogens with two attached hydrogens (primary N) is 1. The van der Waals surface area contributed by atoms with Gasteiger partial charge in [0, 0.05) is 13.6 Å². The molecule has 0 bridgehead atoms. The van der Waals surface area contributed by atoms with E-state index in [4.69, 9.17) is 10.9 Å². The number of benzene rings is 1. The Morgan fingerprint density at radius 3 is 2.42 bits per heavy atom. The Labute approximate surface area is 113 Å². The molecule has 0 spiro atoms. The van der Waals surface area contributed by atoms with Crippen molar-refractivity contribution in [3.63, 3.8) is 0 Å². The van der Waals surface area contributed by atoms with Gasteiger partial charge in [-0.15, -0.1) is 0 Å². The van der Waals surface area contributed by atoms with Crippen molar-refractivity contribution in [2.75, 3.05) is 13.6 Å². The lowest BCUT2D eigenvalue weighted by Crippen LogP contribution is -2.40. The standard InChI is InChI=1S/C14H21N3O2/c1-10(2)9-17(3)14(18)12(13(15)16-19)11-7-5-4-6-8-11/h4-8,10,12,19H,9H2,1-3H3,(H2,15,16). The Bertz CT molecular complexity index is 443. The van der Waals surface area contributed by atoms with Crippen LogP contribution in [-0.4, -0.2) is 35.4 Å². The molecule has 0 saturated heterocycles. The quantitative estimate of drug-likeness (QED) is 0.367. The first-order valence-corrected chi connectivity index (χ1v) is 6.24. The van der Waals surface area contributed by atoms with Crippen molar-refractivity contribution in [1.29, 1.82) is 0 Å². The van der Waals surface area contributed by atoms with Crippen LogP contribution >= 0.6 is 0 Å². The highest BCUT2D eigenvalue weighted by molar-refractivity contribution is 6.07. The van der Waals surface area contributed by atoms with Crippen LogP contribution in [0.4, 0.5) is 0 Å². The zero-order valence-corrected chi connectivity index (χ0v) is 11.6. The molecule has 0 heterocycles. The summed E-state index contributed by atoms with van der Waals surface area (Å²) in [5.41, 5.74) is 6.39. The number of rotatable bonds is 5. The van der Waals surface area contributed by atoms with Crippen LogP contribution in [0.3, 0.4) is 0 Å². The highest BCUT2D eigenvalue weighted by atomic mass is 16.4. The van der Waals surface area contributed by atoms with E-state index in [1.807, 2.05) is 32.0 Å². The van der Waals surface area contributed by atoms with Crippen molar-refractivity contribution in [2.24, 2.45) is 16.8 Å². The van der Waals surface area contributed by atoms with Crippen molar-refractivity contribution in [2.45, 2.75) is 19.8 Å². The summed E-state index contributed by atoms with van der Waals surface area (Å²) >= 11 is 0. The topological polar surface area (TPSA) is 78.9 Å². The Kier molecular flexibility index (Phi) is 5.36. The molecule has 1 aromatic rings. The van der Waals surface area contributed by atoms with Gasteiger partial charge in [-0.3, -0.25) is 4.79 Å². The van der Waals surface area contributed by atoms with Gasteiger partial charge in [-0.05, 0) is 11.5 Å². The maximum absolute atomic E-state index is 12.4. The van der Waals surface area contributed by atoms with Crippen LogP contribution in [0.15, 0.2) is 35.5 Å². The molecular formula is C14H21N3O2. The minimum atomic E-state index is -0.741. The van der Waals surface area contributed by atoms with Crippen LogP contribution in [0.1, 0.15) is 25.3 Å². The molecule has 1 amide bonds. The predicted octanol–water partition coefficient (Wildman–Crippen LogP) is 1.63. The largest absolute Gasteiger partial charge is 0.409 e. The summed E-state index contributed by atoms with van der Waals surface area (Å²) in [5.74, 6) is -0.644. The molecule has 3 N–H and O–H groups in total. The molecule has 0 radical (unpaired) electrons. The fourth-order valence-electron chi connectivity index (χ4n) is 2.00. The average molecular weight is 263 g/mol. The Morgan fingerprint density at radius 1 is 1.37 bits per heavy atom. The van der Waals surface area contributed by atoms with Crippen LogP contribution in [-0.2, 0) is 4.79 Å². The second kappa shape index (κ2) is 6.78. The summed E-state index contributed by atoms with van der Waals surface area (Å²) in [6.07, 6.45) is 0. The molecular weight excluding hydrogens is 242 g/mol. The third kappa shape index (κ3) is 3.98. The number of nitrogens with zero attached hydrogens (tertiary/aromatic N) is 2. The third-order valence-corrected chi connectivity index (χ3v) is 2.81. The number of amides is 1. The van der Waals surface area contributed by atoms with Gasteiger partial charge >= 0.3 is 0 Å². The van der Waals surface area contributed by atoms with E-state index in [-0.39, 0.29) is 11.7 Å². The highest BCUT2D eigenvalue weighted by Crippen LogP contribution is 2.19. The maximum atomic E-state index is 12.4. The van der Waals surface area contributed by atoms with Gasteiger partial charge in [0.1, 0.15) is 5.92 Å². The number of likely N-dealkylation sites (N-methyl/N-ethyl adjacent to an activating group) is 1. The Hall–Kier alpha value is -2.04. The van der Waals surface area contributed by atoms with E-state index in [0.717, 1.165) is 5.56 Å². The first kappa shape index (κ1) is 15.0. The normalized spacial score (nSPS) is 13.4. The van der Waals surface area contributed by atoms with E-state index in [0.29, 0.717) is 12.5 Å². The zero-order valence-electron chi connectivity index (χ0n) is 11.6. The van der Waals surface area contributed by atoms with Crippen LogP contribution in [0.25, 0.3) is 0 Å². The second-order valence-electron chi connectivity index (χ2n) is 4.98. The number of hydrogen-bond acceptors (Lipinski definition) is 3. The minimum Gasteiger partial charge on any atom is -0.409 e. The molecule has 1 aromatic carbocycles. The Morgan fingerprint density at radius 2 is 1.95 bits per heavy atom. The van der Waals surface area contributed by atoms with Gasteiger partial charge in [0.2, 0.25) is 5.91 Å². The monoisotopic (exact) mass is 263 g/mol. The van der Waals surface area contributed by atoms with Crippen molar-refractivity contribution >= 4 is 11.7 Å². The van der Waals surface area contributed by atoms with Crippen molar-refractivity contribution < 1.29 is 10.0 Å². The van der Waals surface area contributed by atoms with Gasteiger partial charge in [-0.1, -0.05) is 49.3 Å². The van der Waals surface area contributed by atoms with Crippen LogP contribution in [0, 0.1) is 5.92 Å². The van der Waals surface area contributed by atoms with Crippen LogP contribution in [0.2, 0.25) is 0 Å². The molecule has 0 aliphatic heterocycles. The van der Waals surface area contributed by atoms with E-state index >= 15 is 0 Å². The SMILES string of the molecule is CC(C)CN(C)C(=O)C(C(N)=NO)c1ccccc1. The molecule has 0 aromatic heterocycles. The molecule has 1 unspecified atom stereocenters. The average Bonchev–Trinajstić information content (AvgIpc) is 2.39. The van der Waals surface area contributed by atoms with Gasteiger partial charge in [-0.2, -0.15) is 0 Å². The van der Waals surface area contributed by atoms with Gasteiger partial charge in [0.25, 0.3) is 0 Å². The molecule has 1 rings (SSSR count). The van der Waals surface area contributed by atoms with Crippen LogP contribution < -0.4 is 5.73 Å². The summed E-state index contributed by atoms with van der Waals surface area (Å²) in [5, 5.41) is 11.9. The zero-order chi connectivity index (χ0) is 14.4. The maximum Gasteiger partial charge on any atom is 0.237 e. The van der Waals surface area contributed by atoms with Gasteiger partial charge in [-0.25, -0.2) is 0 Å². The molecule has 0 saturated carbocycles. The lowest BCUT2D eigenvalue weighted by molar-refractivity contribution is -0.130. The number of carbonyl (C=O) groups is 1. The van der Waals surface area contributed by atoms with E-state index in [2.05, 4.69) is 5.16 Å². The summed E-state index contributed by atoms with van der Waals surface area (Å²) in [4.78, 5) is 14.0. The molecule has 5 nitrogen and oxygen atoms in total. The summed E-state index contributed by atoms with van der Waals surface area (Å²) < 4.78 is 0. The van der Waals surface area contributed by atoms with Gasteiger partial charge in [0.05, 0.1) is 0 Å². The van der Waals surface area contributed by atoms with E-state index in [1.54, 1.807) is 24.1 Å². The van der Waals surface area contributed by atoms with E-state index < -0.39 is 5.92 Å². The van der Waals surface area contributed by atoms with Crippen molar-refractivity contribution in [1.82, 2.24) is 4.90 Å². The van der Waals surface area contributed by atoms with Gasteiger partial charge in [0.15, 0.2) is 5.84 Å². The third-order valence-electron chi connectivity index (χ3n) is 2.81. The minimum absolute atomic E-state index is 0.0909. The molecule has 19 heavy (non-hydrogen) atoms. The van der Waals surface area contributed by atoms with Crippen LogP contribution in [0.5, 0.6) is 0 Å². The number of carbonyl (C=O) groups excluding carboxylic acids is 1. The second-order valence-corrected chi connectivity index (χ2v) is 4.98. The predicted molar refractivity (Wildman–Crippen MR) is 75.1 cm³/mol. The van der Waals surface area contributed by atoms with E-state index in [1.165, 1.54) is 0 Å². The molecule has 1 atom stereocenters. The van der Waals surface area contributed by atoms with Crippen molar-refractivity contribution in [3.8, 4) is 0 Å². The van der Waals surface area contributed by atoms with E-state index in [9.17, 15) is 4.79 Å². The van der Waals surface area contributed by atoms with Crippen molar-refractivity contribution in [3.05, 3.63) is 35.9 Å². The number of amidine groups is 1. The summed E-state index contributed by atoms with van der Waals surface area (Å²) in [7, 11) is 1.73.